The van der Waals surface area contributed by atoms with E-state index in [2.05, 4.69) is 0 Å². The van der Waals surface area contributed by atoms with Gasteiger partial charge in [-0.3, -0.25) is 10.1 Å². The Hall–Kier alpha value is -2.42. The predicted molar refractivity (Wildman–Crippen MR) is 56.7 cm³/mol. The lowest BCUT2D eigenvalue weighted by Gasteiger charge is -2.00. The minimum absolute atomic E-state index is 0.0381. The molecule has 5 nitrogen and oxygen atoms in total. The maximum Gasteiger partial charge on any atom is 0.292 e. The molecule has 0 aliphatic carbocycles. The molecule has 0 aromatic heterocycles. The minimum Gasteiger partial charge on any atom is -0.393 e. The molecule has 6 heteroatoms. The number of hydrogen-bond acceptors (Lipinski definition) is 4. The van der Waals surface area contributed by atoms with E-state index in [0.717, 1.165) is 12.1 Å². The number of nitrogen functional groups attached to an aromatic ring is 1. The summed E-state index contributed by atoms with van der Waals surface area (Å²) in [7, 11) is 0. The summed E-state index contributed by atoms with van der Waals surface area (Å²) in [4.78, 5) is 9.86. The first-order valence-corrected chi connectivity index (χ1v) is 4.33. The number of rotatable bonds is 3. The molecule has 0 saturated carbocycles. The van der Waals surface area contributed by atoms with E-state index in [4.69, 9.17) is 11.0 Å². The quantitative estimate of drug-likeness (QED) is 0.481. The summed E-state index contributed by atoms with van der Waals surface area (Å²) in [6, 6.07) is 3.77. The van der Waals surface area contributed by atoms with Gasteiger partial charge in [-0.25, -0.2) is 4.39 Å². The van der Waals surface area contributed by atoms with Gasteiger partial charge in [0, 0.05) is 17.7 Å². The van der Waals surface area contributed by atoms with E-state index >= 15 is 0 Å². The van der Waals surface area contributed by atoms with Crippen LogP contribution in [0.2, 0.25) is 0 Å². The van der Waals surface area contributed by atoms with Gasteiger partial charge in [0.2, 0.25) is 0 Å². The van der Waals surface area contributed by atoms with Crippen LogP contribution in [0.1, 0.15) is 12.0 Å². The summed E-state index contributed by atoms with van der Waals surface area (Å²) in [6.07, 6.45) is 2.83. The number of nitro groups is 1. The molecule has 0 spiro atoms. The zero-order valence-corrected chi connectivity index (χ0v) is 8.18. The van der Waals surface area contributed by atoms with Crippen LogP contribution >= 0.6 is 0 Å². The molecule has 0 radical (unpaired) electrons. The SMILES string of the molecule is N#CCC=Cc1cc([N+](=O)[O-])c(N)cc1F. The maximum atomic E-state index is 13.3. The topological polar surface area (TPSA) is 92.9 Å². The highest BCUT2D eigenvalue weighted by Crippen LogP contribution is 2.25. The van der Waals surface area contributed by atoms with Gasteiger partial charge in [-0.1, -0.05) is 12.2 Å². The van der Waals surface area contributed by atoms with Gasteiger partial charge in [-0.15, -0.1) is 0 Å². The molecule has 0 aliphatic rings. The van der Waals surface area contributed by atoms with Gasteiger partial charge >= 0.3 is 0 Å². The van der Waals surface area contributed by atoms with Crippen LogP contribution in [-0.4, -0.2) is 4.92 Å². The molecule has 0 unspecified atom stereocenters. The highest BCUT2D eigenvalue weighted by Gasteiger charge is 2.14. The van der Waals surface area contributed by atoms with Crippen molar-refractivity contribution in [1.29, 1.82) is 5.26 Å². The van der Waals surface area contributed by atoms with Gasteiger partial charge in [0.25, 0.3) is 5.69 Å². The zero-order valence-electron chi connectivity index (χ0n) is 8.18. The van der Waals surface area contributed by atoms with Crippen molar-refractivity contribution in [2.45, 2.75) is 6.42 Å². The molecule has 0 heterocycles. The normalized spacial score (nSPS) is 10.2. The molecule has 0 amide bonds. The number of allylic oxidation sites excluding steroid dienone is 1. The van der Waals surface area contributed by atoms with Crippen molar-refractivity contribution in [2.24, 2.45) is 0 Å². The van der Waals surface area contributed by atoms with Gasteiger partial charge in [-0.05, 0) is 0 Å². The van der Waals surface area contributed by atoms with Gasteiger partial charge in [0.05, 0.1) is 17.4 Å². The molecular weight excluding hydrogens is 213 g/mol. The predicted octanol–water partition coefficient (Wildman–Crippen LogP) is 2.24. The maximum absolute atomic E-state index is 13.3. The van der Waals surface area contributed by atoms with Crippen LogP contribution in [0.3, 0.4) is 0 Å². The van der Waals surface area contributed by atoms with Crippen molar-refractivity contribution in [3.63, 3.8) is 0 Å². The van der Waals surface area contributed by atoms with E-state index in [1.165, 1.54) is 12.2 Å². The fraction of sp³-hybridized carbons (Fsp3) is 0.100. The van der Waals surface area contributed by atoms with E-state index in [1.54, 1.807) is 0 Å². The molecule has 1 rings (SSSR count). The van der Waals surface area contributed by atoms with Gasteiger partial charge in [0.1, 0.15) is 11.5 Å². The van der Waals surface area contributed by atoms with Crippen LogP contribution in [0.25, 0.3) is 6.08 Å². The van der Waals surface area contributed by atoms with E-state index in [-0.39, 0.29) is 23.4 Å². The van der Waals surface area contributed by atoms with E-state index in [9.17, 15) is 14.5 Å². The largest absolute Gasteiger partial charge is 0.393 e. The molecule has 2 N–H and O–H groups in total. The summed E-state index contributed by atoms with van der Waals surface area (Å²) in [5.41, 5.74) is 4.75. The first-order chi connectivity index (χ1) is 7.56. The number of benzene rings is 1. The van der Waals surface area contributed by atoms with Gasteiger partial charge < -0.3 is 5.73 Å². The third-order valence-corrected chi connectivity index (χ3v) is 1.85. The third kappa shape index (κ3) is 2.54. The average molecular weight is 221 g/mol. The van der Waals surface area contributed by atoms with Crippen molar-refractivity contribution in [3.8, 4) is 6.07 Å². The second-order valence-corrected chi connectivity index (χ2v) is 2.95. The van der Waals surface area contributed by atoms with E-state index < -0.39 is 10.7 Å². The first kappa shape index (κ1) is 11.7. The highest BCUT2D eigenvalue weighted by atomic mass is 19.1. The van der Waals surface area contributed by atoms with Crippen molar-refractivity contribution < 1.29 is 9.31 Å². The van der Waals surface area contributed by atoms with Gasteiger partial charge in [0.15, 0.2) is 0 Å². The molecule has 1 aromatic rings. The summed E-state index contributed by atoms with van der Waals surface area (Å²) in [5, 5.41) is 18.8. The molecule has 82 valence electrons. The van der Waals surface area contributed by atoms with Crippen molar-refractivity contribution in [3.05, 3.63) is 39.7 Å². The van der Waals surface area contributed by atoms with Crippen LogP contribution in [0.4, 0.5) is 15.8 Å². The molecular formula is C10H8FN3O2. The monoisotopic (exact) mass is 221 g/mol. The van der Waals surface area contributed by atoms with Crippen LogP contribution in [0.5, 0.6) is 0 Å². The Morgan fingerprint density at radius 1 is 1.62 bits per heavy atom. The van der Waals surface area contributed by atoms with Crippen LogP contribution in [0, 0.1) is 27.3 Å². The van der Waals surface area contributed by atoms with Crippen molar-refractivity contribution in [2.75, 3.05) is 5.73 Å². The van der Waals surface area contributed by atoms with E-state index in [1.807, 2.05) is 6.07 Å². The lowest BCUT2D eigenvalue weighted by molar-refractivity contribution is -0.383. The summed E-state index contributed by atoms with van der Waals surface area (Å²) in [5.74, 6) is -0.655. The summed E-state index contributed by atoms with van der Waals surface area (Å²) >= 11 is 0. The fourth-order valence-corrected chi connectivity index (χ4v) is 1.12. The molecule has 0 fully saturated rings. The Labute approximate surface area is 90.8 Å². The van der Waals surface area contributed by atoms with Crippen LogP contribution < -0.4 is 5.73 Å². The number of nitriles is 1. The number of nitro benzene ring substituents is 1. The number of hydrogen-bond donors (Lipinski definition) is 1. The smallest absolute Gasteiger partial charge is 0.292 e. The second kappa shape index (κ2) is 4.89. The zero-order chi connectivity index (χ0) is 12.1. The second-order valence-electron chi connectivity index (χ2n) is 2.95. The summed E-state index contributed by atoms with van der Waals surface area (Å²) < 4.78 is 13.3. The number of nitrogens with two attached hydrogens (primary N) is 1. The Kier molecular flexibility index (Phi) is 3.56. The number of nitrogens with zero attached hydrogens (tertiary/aromatic N) is 2. The minimum atomic E-state index is -0.684. The third-order valence-electron chi connectivity index (χ3n) is 1.85. The standard InChI is InChI=1S/C10H8FN3O2/c11-8-6-9(13)10(14(15)16)5-7(8)3-1-2-4-12/h1,3,5-6H,2,13H2. The molecule has 0 bridgehead atoms. The Morgan fingerprint density at radius 3 is 2.88 bits per heavy atom. The number of halogens is 1. The lowest BCUT2D eigenvalue weighted by Crippen LogP contribution is -1.97. The molecule has 0 aliphatic heterocycles. The van der Waals surface area contributed by atoms with E-state index in [0.29, 0.717) is 0 Å². The molecule has 1 aromatic carbocycles. The Morgan fingerprint density at radius 2 is 2.31 bits per heavy atom. The average Bonchev–Trinajstić information content (AvgIpc) is 2.21. The van der Waals surface area contributed by atoms with Crippen LogP contribution in [-0.2, 0) is 0 Å². The Balaban J connectivity index is 3.16. The fourth-order valence-electron chi connectivity index (χ4n) is 1.12. The molecule has 16 heavy (non-hydrogen) atoms. The van der Waals surface area contributed by atoms with Gasteiger partial charge in [-0.2, -0.15) is 5.26 Å². The first-order valence-electron chi connectivity index (χ1n) is 4.33. The van der Waals surface area contributed by atoms with Crippen molar-refractivity contribution >= 4 is 17.5 Å². The molecule has 0 atom stereocenters. The highest BCUT2D eigenvalue weighted by molar-refractivity contribution is 5.65. The molecule has 0 saturated heterocycles. The number of anilines is 1. The van der Waals surface area contributed by atoms with Crippen molar-refractivity contribution in [1.82, 2.24) is 0 Å². The lowest BCUT2D eigenvalue weighted by atomic mass is 10.1. The Bertz CT molecular complexity index is 492. The summed E-state index contributed by atoms with van der Waals surface area (Å²) in [6.45, 7) is 0. The van der Waals surface area contributed by atoms with Crippen LogP contribution in [0.15, 0.2) is 18.2 Å².